The Bertz CT molecular complexity index is 779. The van der Waals surface area contributed by atoms with Gasteiger partial charge in [0.25, 0.3) is 5.91 Å². The van der Waals surface area contributed by atoms with Gasteiger partial charge >= 0.3 is 0 Å². The second kappa shape index (κ2) is 8.60. The molecule has 1 aromatic carbocycles. The van der Waals surface area contributed by atoms with E-state index < -0.39 is 11.0 Å². The molecule has 142 valence electrons. The zero-order valence-electron chi connectivity index (χ0n) is 16.1. The number of carbonyl (C=O) groups excluding carboxylic acids is 1. The van der Waals surface area contributed by atoms with Gasteiger partial charge in [-0.15, -0.1) is 11.8 Å². The lowest BCUT2D eigenvalue weighted by Gasteiger charge is -2.27. The summed E-state index contributed by atoms with van der Waals surface area (Å²) in [5, 5.41) is 3.86. The summed E-state index contributed by atoms with van der Waals surface area (Å²) in [6.45, 7) is 6.19. The molecule has 7 heteroatoms. The van der Waals surface area contributed by atoms with Crippen molar-refractivity contribution < 1.29 is 19.0 Å². The normalized spacial score (nSPS) is 12.7. The molecule has 0 saturated carbocycles. The van der Waals surface area contributed by atoms with Crippen molar-refractivity contribution in [2.24, 2.45) is 0 Å². The number of nitrogens with zero attached hydrogens (tertiary/aromatic N) is 1. The Kier molecular flexibility index (Phi) is 6.72. The lowest BCUT2D eigenvalue weighted by Crippen LogP contribution is -2.50. The van der Waals surface area contributed by atoms with E-state index in [0.717, 1.165) is 16.5 Å². The maximum Gasteiger partial charge on any atom is 0.272 e. The highest BCUT2D eigenvalue weighted by Crippen LogP contribution is 2.28. The average molecular weight is 378 g/mol. The third-order valence-corrected chi connectivity index (χ3v) is 4.53. The molecule has 0 spiro atoms. The number of pyridine rings is 1. The molecule has 1 amide bonds. The van der Waals surface area contributed by atoms with Crippen molar-refractivity contribution in [1.29, 1.82) is 0 Å². The molecule has 0 fully saturated rings. The third kappa shape index (κ3) is 5.02. The van der Waals surface area contributed by atoms with Gasteiger partial charge in [-0.25, -0.2) is 0 Å². The van der Waals surface area contributed by atoms with Gasteiger partial charge < -0.3 is 19.5 Å². The van der Waals surface area contributed by atoms with Crippen LogP contribution < -0.4 is 14.8 Å². The smallest absolute Gasteiger partial charge is 0.272 e. The summed E-state index contributed by atoms with van der Waals surface area (Å²) in [6.07, 6.45) is 3.53. The van der Waals surface area contributed by atoms with Crippen LogP contribution in [0, 0.1) is 6.92 Å². The van der Waals surface area contributed by atoms with E-state index in [1.54, 1.807) is 20.4 Å². The number of carbonyl (C=O) groups is 1. The summed E-state index contributed by atoms with van der Waals surface area (Å²) in [7, 11) is 3.21. The molecular formula is C19H26N2O4S. The van der Waals surface area contributed by atoms with Gasteiger partial charge in [0.1, 0.15) is 11.5 Å². The number of hydrogen-bond donors (Lipinski definition) is 1. The molecule has 1 aromatic heterocycles. The van der Waals surface area contributed by atoms with Gasteiger partial charge in [0.15, 0.2) is 0 Å². The number of aryl methyl sites for hydroxylation is 1. The molecule has 0 saturated heterocycles. The number of amides is 1. The minimum absolute atomic E-state index is 0.193. The molecule has 2 aromatic rings. The molecule has 0 bridgehead atoms. The second-order valence-corrected chi connectivity index (χ2v) is 7.58. The van der Waals surface area contributed by atoms with Crippen LogP contribution in [0.15, 0.2) is 24.4 Å². The first-order valence-corrected chi connectivity index (χ1v) is 9.53. The minimum Gasteiger partial charge on any atom is -0.495 e. The van der Waals surface area contributed by atoms with Crippen LogP contribution in [0.2, 0.25) is 0 Å². The molecule has 1 N–H and O–H groups in total. The van der Waals surface area contributed by atoms with Crippen molar-refractivity contribution in [3.05, 3.63) is 30.0 Å². The average Bonchev–Trinajstić information content (AvgIpc) is 2.58. The quantitative estimate of drug-likeness (QED) is 0.712. The van der Waals surface area contributed by atoms with Crippen LogP contribution in [0.5, 0.6) is 11.5 Å². The van der Waals surface area contributed by atoms with Crippen LogP contribution in [-0.4, -0.2) is 48.9 Å². The summed E-state index contributed by atoms with van der Waals surface area (Å²) in [6, 6.07) is 5.66. The summed E-state index contributed by atoms with van der Waals surface area (Å²) < 4.78 is 16.3. The van der Waals surface area contributed by atoms with Gasteiger partial charge in [-0.1, -0.05) is 0 Å². The highest BCUT2D eigenvalue weighted by molar-refractivity contribution is 7.99. The summed E-state index contributed by atoms with van der Waals surface area (Å²) >= 11 is 1.34. The molecule has 0 aliphatic rings. The maximum atomic E-state index is 12.6. The number of hydrogen-bond acceptors (Lipinski definition) is 6. The van der Waals surface area contributed by atoms with Crippen molar-refractivity contribution in [2.45, 2.75) is 31.7 Å². The van der Waals surface area contributed by atoms with Gasteiger partial charge in [0, 0.05) is 12.5 Å². The Balaban J connectivity index is 2.23. The van der Waals surface area contributed by atoms with Crippen LogP contribution in [0.1, 0.15) is 19.4 Å². The van der Waals surface area contributed by atoms with Crippen LogP contribution in [0.25, 0.3) is 10.9 Å². The molecule has 0 aliphatic carbocycles. The Labute approximate surface area is 158 Å². The van der Waals surface area contributed by atoms with Gasteiger partial charge in [0.2, 0.25) is 5.44 Å². The van der Waals surface area contributed by atoms with Crippen LogP contribution in [0.3, 0.4) is 0 Å². The first-order valence-electron chi connectivity index (χ1n) is 8.24. The second-order valence-electron chi connectivity index (χ2n) is 6.68. The van der Waals surface area contributed by atoms with Crippen molar-refractivity contribution in [3.63, 3.8) is 0 Å². The molecule has 1 atom stereocenters. The fourth-order valence-corrected chi connectivity index (χ4v) is 3.16. The van der Waals surface area contributed by atoms with E-state index in [1.165, 1.54) is 11.8 Å². The zero-order valence-corrected chi connectivity index (χ0v) is 16.9. The Morgan fingerprint density at radius 1 is 1.27 bits per heavy atom. The van der Waals surface area contributed by atoms with Crippen LogP contribution in [-0.2, 0) is 9.53 Å². The first-order chi connectivity index (χ1) is 12.3. The SMILES string of the molecule is COCC(C)(C)NC(=O)C(Oc1cc(C)c2ncc(OC)cc2c1)SC. The zero-order chi connectivity index (χ0) is 19.3. The van der Waals surface area contributed by atoms with Crippen molar-refractivity contribution in [2.75, 3.05) is 27.1 Å². The Morgan fingerprint density at radius 2 is 1.96 bits per heavy atom. The predicted molar refractivity (Wildman–Crippen MR) is 105 cm³/mol. The van der Waals surface area contributed by atoms with E-state index >= 15 is 0 Å². The lowest BCUT2D eigenvalue weighted by molar-refractivity contribution is -0.126. The van der Waals surface area contributed by atoms with E-state index in [1.807, 2.05) is 45.2 Å². The monoisotopic (exact) mass is 378 g/mol. The van der Waals surface area contributed by atoms with E-state index in [2.05, 4.69) is 10.3 Å². The fraction of sp³-hybridized carbons (Fsp3) is 0.474. The first kappa shape index (κ1) is 20.3. The summed E-state index contributed by atoms with van der Waals surface area (Å²) in [5.41, 5.74) is 0.714. The molecular weight excluding hydrogens is 352 g/mol. The number of methoxy groups -OCH3 is 2. The number of thioether (sulfide) groups is 1. The molecule has 26 heavy (non-hydrogen) atoms. The molecule has 6 nitrogen and oxygen atoms in total. The molecule has 0 radical (unpaired) electrons. The van der Waals surface area contributed by atoms with Crippen molar-refractivity contribution in [1.82, 2.24) is 10.3 Å². The summed E-state index contributed by atoms with van der Waals surface area (Å²) in [5.74, 6) is 1.10. The predicted octanol–water partition coefficient (Wildman–Crippen LogP) is 3.16. The Hall–Kier alpha value is -1.99. The number of benzene rings is 1. The maximum absolute atomic E-state index is 12.6. The number of rotatable bonds is 8. The number of fused-ring (bicyclic) bond motifs is 1. The standard InChI is InChI=1S/C19H26N2O4S/c1-12-7-14(8-13-9-15(24-5)10-20-16(12)13)25-18(26-6)17(22)21-19(2,3)11-23-4/h7-10,18H,11H2,1-6H3,(H,21,22). The summed E-state index contributed by atoms with van der Waals surface area (Å²) in [4.78, 5) is 17.0. The highest BCUT2D eigenvalue weighted by atomic mass is 32.2. The van der Waals surface area contributed by atoms with Gasteiger partial charge in [-0.05, 0) is 50.8 Å². The van der Waals surface area contributed by atoms with Crippen LogP contribution >= 0.6 is 11.8 Å². The van der Waals surface area contributed by atoms with E-state index in [-0.39, 0.29) is 5.91 Å². The highest BCUT2D eigenvalue weighted by Gasteiger charge is 2.27. The van der Waals surface area contributed by atoms with Gasteiger partial charge in [0.05, 0.1) is 31.0 Å². The topological polar surface area (TPSA) is 69.7 Å². The molecule has 1 heterocycles. The number of aromatic nitrogens is 1. The van der Waals surface area contributed by atoms with E-state index in [0.29, 0.717) is 18.1 Å². The van der Waals surface area contributed by atoms with Gasteiger partial charge in [-0.3, -0.25) is 9.78 Å². The molecule has 2 rings (SSSR count). The third-order valence-electron chi connectivity index (χ3n) is 3.80. The largest absolute Gasteiger partial charge is 0.495 e. The van der Waals surface area contributed by atoms with Crippen molar-refractivity contribution in [3.8, 4) is 11.5 Å². The molecule has 1 unspecified atom stereocenters. The number of ether oxygens (including phenoxy) is 3. The number of nitrogens with one attached hydrogen (secondary N) is 1. The van der Waals surface area contributed by atoms with Crippen LogP contribution in [0.4, 0.5) is 0 Å². The van der Waals surface area contributed by atoms with E-state index in [9.17, 15) is 4.79 Å². The molecule has 0 aliphatic heterocycles. The van der Waals surface area contributed by atoms with Gasteiger partial charge in [-0.2, -0.15) is 0 Å². The Morgan fingerprint density at radius 3 is 2.58 bits per heavy atom. The van der Waals surface area contributed by atoms with Crippen molar-refractivity contribution >= 4 is 28.6 Å². The fourth-order valence-electron chi connectivity index (χ4n) is 2.68. The lowest BCUT2D eigenvalue weighted by atomic mass is 10.1. The minimum atomic E-state index is -0.665. The van der Waals surface area contributed by atoms with E-state index in [4.69, 9.17) is 14.2 Å².